The predicted molar refractivity (Wildman–Crippen MR) is 129 cm³/mol. The minimum Gasteiger partial charge on any atom is -0.456 e. The third kappa shape index (κ3) is 5.10. The Balaban J connectivity index is 1.56. The fourth-order valence-corrected chi connectivity index (χ4v) is 6.87. The number of carbonyl (C=O) groups excluding carboxylic acids is 2. The first kappa shape index (κ1) is 28.8. The van der Waals surface area contributed by atoms with Gasteiger partial charge in [0.15, 0.2) is 23.3 Å². The van der Waals surface area contributed by atoms with Gasteiger partial charge in [0.25, 0.3) is 5.69 Å². The van der Waals surface area contributed by atoms with Crippen molar-refractivity contribution in [3.8, 4) is 0 Å². The van der Waals surface area contributed by atoms with E-state index in [9.17, 15) is 46.8 Å². The van der Waals surface area contributed by atoms with Crippen LogP contribution in [-0.2, 0) is 20.9 Å². The van der Waals surface area contributed by atoms with Gasteiger partial charge in [-0.3, -0.25) is 14.9 Å². The zero-order valence-corrected chi connectivity index (χ0v) is 21.8. The van der Waals surface area contributed by atoms with Crippen molar-refractivity contribution in [2.45, 2.75) is 37.5 Å². The first-order valence-corrected chi connectivity index (χ1v) is 13.3. The third-order valence-electron chi connectivity index (χ3n) is 6.41. The van der Waals surface area contributed by atoms with E-state index in [2.05, 4.69) is 0 Å². The van der Waals surface area contributed by atoms with E-state index in [1.54, 1.807) is 6.92 Å². The molecule has 0 saturated carbocycles. The van der Waals surface area contributed by atoms with E-state index in [4.69, 9.17) is 4.74 Å². The van der Waals surface area contributed by atoms with Gasteiger partial charge in [0.05, 0.1) is 27.9 Å². The lowest BCUT2D eigenvalue weighted by Gasteiger charge is -2.46. The molecule has 4 rings (SSSR count). The third-order valence-corrected chi connectivity index (χ3v) is 8.87. The number of aliphatic hydroxyl groups excluding tert-OH is 1. The molecule has 2 aromatic rings. The summed E-state index contributed by atoms with van der Waals surface area (Å²) in [5, 5.41) is 20.6. The molecule has 0 bridgehead atoms. The minimum absolute atomic E-state index is 0.153. The number of thioether (sulfide) groups is 2. The number of rotatable bonds is 9. The van der Waals surface area contributed by atoms with Crippen LogP contribution in [0.25, 0.3) is 0 Å². The van der Waals surface area contributed by atoms with Gasteiger partial charge in [-0.2, -0.15) is 0 Å². The zero-order valence-electron chi connectivity index (χ0n) is 20.1. The van der Waals surface area contributed by atoms with Crippen LogP contribution < -0.4 is 0 Å². The van der Waals surface area contributed by atoms with Crippen LogP contribution in [0.15, 0.2) is 39.8 Å². The van der Waals surface area contributed by atoms with E-state index >= 15 is 0 Å². The summed E-state index contributed by atoms with van der Waals surface area (Å²) >= 11 is 1.20. The van der Waals surface area contributed by atoms with E-state index in [1.807, 2.05) is 0 Å². The van der Waals surface area contributed by atoms with Crippen LogP contribution in [0.4, 0.5) is 27.6 Å². The molecule has 2 aliphatic heterocycles. The molecule has 4 atom stereocenters. The molecule has 0 aliphatic carbocycles. The molecule has 39 heavy (non-hydrogen) atoms. The molecular formula is C24H19F5N2O6S2. The summed E-state index contributed by atoms with van der Waals surface area (Å²) in [5.74, 6) is -13.2. The summed E-state index contributed by atoms with van der Waals surface area (Å²) in [7, 11) is 0. The first-order valence-electron chi connectivity index (χ1n) is 11.3. The Hall–Kier alpha value is -3.17. The van der Waals surface area contributed by atoms with Gasteiger partial charge in [0.1, 0.15) is 12.3 Å². The van der Waals surface area contributed by atoms with E-state index in [0.717, 1.165) is 11.8 Å². The number of β-lactam (4-membered cyclic amide) rings is 1. The molecule has 0 unspecified atom stereocenters. The number of ether oxygens (including phenoxy) is 1. The van der Waals surface area contributed by atoms with Crippen molar-refractivity contribution >= 4 is 41.1 Å². The standard InChI is InChI=1S/C24H19F5N2O6S2/c1-9-19-13(10(2)32)23(33)30(19)20(24(34)37-7-11-3-5-12(6-4-11)31(35)36)21(9)38-8-39-22-17(28)15(26)14(25)16(27)18(22)29/h3-6,9-10,13,19,32H,7-8H2,1-2H3/t9-,10-,13-,19-/m1/s1. The molecule has 0 aromatic heterocycles. The lowest BCUT2D eigenvalue weighted by Crippen LogP contribution is -2.63. The number of hydrogen-bond donors (Lipinski definition) is 1. The number of nitro benzene ring substituents is 1. The molecule has 208 valence electrons. The maximum atomic E-state index is 14.1. The Kier molecular flexibility index (Phi) is 8.23. The molecule has 8 nitrogen and oxygen atoms in total. The lowest BCUT2D eigenvalue weighted by atomic mass is 9.79. The van der Waals surface area contributed by atoms with Crippen molar-refractivity contribution in [1.82, 2.24) is 4.90 Å². The second-order valence-electron chi connectivity index (χ2n) is 8.77. The molecule has 15 heteroatoms. The largest absolute Gasteiger partial charge is 0.456 e. The van der Waals surface area contributed by atoms with Crippen LogP contribution in [0, 0.1) is 51.0 Å². The minimum atomic E-state index is -2.28. The molecule has 2 heterocycles. The number of esters is 1. The maximum Gasteiger partial charge on any atom is 0.356 e. The van der Waals surface area contributed by atoms with Crippen molar-refractivity contribution in [2.75, 3.05) is 5.08 Å². The van der Waals surface area contributed by atoms with Crippen LogP contribution in [0.3, 0.4) is 0 Å². The Morgan fingerprint density at radius 2 is 1.64 bits per heavy atom. The second-order valence-corrected chi connectivity index (χ2v) is 11.1. The number of hydrogen-bond acceptors (Lipinski definition) is 8. The van der Waals surface area contributed by atoms with E-state index in [-0.39, 0.29) is 28.0 Å². The number of aliphatic hydroxyl groups is 1. The van der Waals surface area contributed by atoms with Gasteiger partial charge in [-0.15, -0.1) is 23.5 Å². The van der Waals surface area contributed by atoms with Crippen LogP contribution in [0.5, 0.6) is 0 Å². The van der Waals surface area contributed by atoms with Gasteiger partial charge in [-0.1, -0.05) is 6.92 Å². The van der Waals surface area contributed by atoms with Crippen LogP contribution in [0.2, 0.25) is 0 Å². The quantitative estimate of drug-likeness (QED) is 0.0507. The highest BCUT2D eigenvalue weighted by Crippen LogP contribution is 2.51. The smallest absolute Gasteiger partial charge is 0.356 e. The highest BCUT2D eigenvalue weighted by Gasteiger charge is 2.60. The number of fused-ring (bicyclic) bond motifs is 1. The zero-order chi connectivity index (χ0) is 28.8. The predicted octanol–water partition coefficient (Wildman–Crippen LogP) is 4.89. The highest BCUT2D eigenvalue weighted by molar-refractivity contribution is 8.17. The molecule has 1 amide bonds. The number of amides is 1. The van der Waals surface area contributed by atoms with E-state index < -0.39 is 74.8 Å². The fourth-order valence-electron chi connectivity index (χ4n) is 4.50. The van der Waals surface area contributed by atoms with E-state index in [0.29, 0.717) is 17.3 Å². The van der Waals surface area contributed by atoms with Crippen LogP contribution >= 0.6 is 23.5 Å². The van der Waals surface area contributed by atoms with Gasteiger partial charge in [0.2, 0.25) is 11.7 Å². The summed E-state index contributed by atoms with van der Waals surface area (Å²) in [6.07, 6.45) is -1.04. The second kappa shape index (κ2) is 11.1. The first-order chi connectivity index (χ1) is 18.4. The van der Waals surface area contributed by atoms with Crippen molar-refractivity contribution in [3.63, 3.8) is 0 Å². The Labute approximate surface area is 226 Å². The molecule has 1 fully saturated rings. The number of benzene rings is 2. The van der Waals surface area contributed by atoms with Gasteiger partial charge in [-0.05, 0) is 24.6 Å². The summed E-state index contributed by atoms with van der Waals surface area (Å²) in [5.41, 5.74) is 0.102. The maximum absolute atomic E-state index is 14.1. The van der Waals surface area contributed by atoms with Crippen molar-refractivity contribution in [2.24, 2.45) is 11.8 Å². The number of halogens is 5. The van der Waals surface area contributed by atoms with Gasteiger partial charge < -0.3 is 14.7 Å². The van der Waals surface area contributed by atoms with Crippen molar-refractivity contribution in [3.05, 3.63) is 79.6 Å². The Bertz CT molecular complexity index is 1360. The molecule has 2 aliphatic rings. The van der Waals surface area contributed by atoms with Crippen LogP contribution in [-0.4, -0.2) is 44.0 Å². The number of carbonyl (C=O) groups is 2. The molecule has 1 N–H and O–H groups in total. The number of nitrogens with zero attached hydrogens (tertiary/aromatic N) is 2. The Morgan fingerprint density at radius 1 is 1.08 bits per heavy atom. The number of non-ortho nitro benzene ring substituents is 1. The van der Waals surface area contributed by atoms with Gasteiger partial charge >= 0.3 is 5.97 Å². The van der Waals surface area contributed by atoms with Crippen molar-refractivity contribution in [1.29, 1.82) is 0 Å². The Morgan fingerprint density at radius 3 is 2.18 bits per heavy atom. The average Bonchev–Trinajstić information content (AvgIpc) is 3.14. The molecule has 0 spiro atoms. The molecular weight excluding hydrogens is 571 g/mol. The summed E-state index contributed by atoms with van der Waals surface area (Å²) in [6.45, 7) is 2.80. The summed E-state index contributed by atoms with van der Waals surface area (Å²) in [4.78, 5) is 36.5. The number of nitro groups is 1. The average molecular weight is 591 g/mol. The monoisotopic (exact) mass is 590 g/mol. The van der Waals surface area contributed by atoms with Crippen molar-refractivity contribution < 1.29 is 46.3 Å². The highest BCUT2D eigenvalue weighted by atomic mass is 32.2. The van der Waals surface area contributed by atoms with Crippen LogP contribution in [0.1, 0.15) is 19.4 Å². The molecule has 0 radical (unpaired) electrons. The SMILES string of the molecule is C[C@@H](O)[C@H]1C(=O)N2C(C(=O)OCc3ccc([N+](=O)[O-])cc3)=C(SCSc3c(F)c(F)c(F)c(F)c3F)[C@H](C)[C@H]12. The molecule has 2 aromatic carbocycles. The van der Waals surface area contributed by atoms with Gasteiger partial charge in [-0.25, -0.2) is 26.7 Å². The lowest BCUT2D eigenvalue weighted by molar-refractivity contribution is -0.384. The fraction of sp³-hybridized carbons (Fsp3) is 0.333. The molecule has 1 saturated heterocycles. The van der Waals surface area contributed by atoms with Gasteiger partial charge in [0, 0.05) is 28.0 Å². The normalized spacial score (nSPS) is 21.1. The van der Waals surface area contributed by atoms with E-state index in [1.165, 1.54) is 36.1 Å². The summed E-state index contributed by atoms with van der Waals surface area (Å²) < 4.78 is 74.0. The topological polar surface area (TPSA) is 110 Å². The summed E-state index contributed by atoms with van der Waals surface area (Å²) in [6, 6.07) is 4.60.